The van der Waals surface area contributed by atoms with Crippen molar-refractivity contribution in [1.82, 2.24) is 19.7 Å². The molecule has 0 bridgehead atoms. The molecule has 2 aliphatic heterocycles. The number of nitrogens with zero attached hydrogens (tertiary/aromatic N) is 4. The van der Waals surface area contributed by atoms with Gasteiger partial charge in [-0.05, 0) is 54.8 Å². The fraction of sp³-hybridized carbons (Fsp3) is 0.371. The summed E-state index contributed by atoms with van der Waals surface area (Å²) in [4.78, 5) is 24.8. The number of hydrogen-bond donors (Lipinski definition) is 1. The van der Waals surface area contributed by atoms with Crippen LogP contribution in [-0.2, 0) is 4.79 Å². The van der Waals surface area contributed by atoms with E-state index >= 15 is 0 Å². The van der Waals surface area contributed by atoms with E-state index in [1.54, 1.807) is 6.20 Å². The number of hydrogen-bond acceptors (Lipinski definition) is 6. The van der Waals surface area contributed by atoms with Crippen LogP contribution in [0, 0.1) is 5.92 Å². The first kappa shape index (κ1) is 28.3. The Bertz CT molecular complexity index is 1400. The molecule has 0 aliphatic carbocycles. The highest BCUT2D eigenvalue weighted by molar-refractivity contribution is 5.84. The van der Waals surface area contributed by atoms with Crippen molar-refractivity contribution < 1.29 is 14.6 Å². The number of pyridine rings is 1. The lowest BCUT2D eigenvalue weighted by molar-refractivity contribution is -0.139. The minimum Gasteiger partial charge on any atom is -0.490 e. The number of ether oxygens (including phenoxy) is 1. The van der Waals surface area contributed by atoms with Crippen molar-refractivity contribution in [2.75, 3.05) is 52.4 Å². The molecule has 218 valence electrons. The van der Waals surface area contributed by atoms with Gasteiger partial charge < -0.3 is 14.7 Å². The maximum absolute atomic E-state index is 13.6. The normalized spacial score (nSPS) is 19.2. The Labute approximate surface area is 248 Å². The molecule has 4 aromatic rings. The van der Waals surface area contributed by atoms with E-state index in [0.29, 0.717) is 13.1 Å². The van der Waals surface area contributed by atoms with Gasteiger partial charge in [-0.15, -0.1) is 0 Å². The molecule has 1 N–H and O–H groups in total. The van der Waals surface area contributed by atoms with Gasteiger partial charge in [0.15, 0.2) is 0 Å². The molecular weight excluding hydrogens is 524 g/mol. The standard InChI is InChI=1S/C35H40N4O3/c40-30(26-42-33-17-7-16-32-31(33)15-8-18-36-32)25-37-19-9-14-29(24-37)35(41)39-22-20-38(21-23-39)34(27-10-3-1-4-11-27)28-12-5-2-6-13-28/h1-8,10-13,15-18,29-30,34,40H,9,14,19-26H2/t29?,30-/m1/s1. The zero-order valence-electron chi connectivity index (χ0n) is 24.1. The molecule has 0 saturated carbocycles. The lowest BCUT2D eigenvalue weighted by Crippen LogP contribution is -2.53. The Morgan fingerprint density at radius 3 is 2.29 bits per heavy atom. The van der Waals surface area contributed by atoms with Crippen molar-refractivity contribution in [1.29, 1.82) is 0 Å². The minimum atomic E-state index is -0.637. The van der Waals surface area contributed by atoms with E-state index in [1.165, 1.54) is 11.1 Å². The van der Waals surface area contributed by atoms with Crippen molar-refractivity contribution in [3.63, 3.8) is 0 Å². The summed E-state index contributed by atoms with van der Waals surface area (Å²) in [5, 5.41) is 11.7. The van der Waals surface area contributed by atoms with Gasteiger partial charge in [0.1, 0.15) is 18.5 Å². The molecule has 3 aromatic carbocycles. The first-order valence-corrected chi connectivity index (χ1v) is 15.2. The van der Waals surface area contributed by atoms with Crippen molar-refractivity contribution in [2.24, 2.45) is 5.92 Å². The molecule has 1 amide bonds. The fourth-order valence-corrected chi connectivity index (χ4v) is 6.50. The van der Waals surface area contributed by atoms with Gasteiger partial charge in [-0.2, -0.15) is 0 Å². The Hall–Kier alpha value is -3.78. The summed E-state index contributed by atoms with van der Waals surface area (Å²) in [5.41, 5.74) is 3.44. The predicted octanol–water partition coefficient (Wildman–Crippen LogP) is 4.62. The maximum Gasteiger partial charge on any atom is 0.227 e. The summed E-state index contributed by atoms with van der Waals surface area (Å²) in [6.45, 7) is 5.44. The fourth-order valence-electron chi connectivity index (χ4n) is 6.50. The minimum absolute atomic E-state index is 0.0263. The number of amides is 1. The smallest absolute Gasteiger partial charge is 0.227 e. The number of aliphatic hydroxyl groups excluding tert-OH is 1. The van der Waals surface area contributed by atoms with Gasteiger partial charge >= 0.3 is 0 Å². The van der Waals surface area contributed by atoms with Gasteiger partial charge in [-0.3, -0.25) is 19.6 Å². The van der Waals surface area contributed by atoms with Crippen LogP contribution in [0.1, 0.15) is 30.0 Å². The molecule has 0 spiro atoms. The summed E-state index contributed by atoms with van der Waals surface area (Å²) in [5.74, 6) is 0.957. The molecule has 0 radical (unpaired) electrons. The summed E-state index contributed by atoms with van der Waals surface area (Å²) < 4.78 is 5.99. The Morgan fingerprint density at radius 2 is 1.57 bits per heavy atom. The van der Waals surface area contributed by atoms with Crippen LogP contribution in [0.2, 0.25) is 0 Å². The van der Waals surface area contributed by atoms with E-state index in [0.717, 1.165) is 62.2 Å². The number of carbonyl (C=O) groups is 1. The van der Waals surface area contributed by atoms with Crippen molar-refractivity contribution in [3.05, 3.63) is 108 Å². The molecule has 2 saturated heterocycles. The lowest BCUT2D eigenvalue weighted by Gasteiger charge is -2.42. The first-order chi connectivity index (χ1) is 20.7. The topological polar surface area (TPSA) is 69.1 Å². The van der Waals surface area contributed by atoms with E-state index < -0.39 is 6.10 Å². The van der Waals surface area contributed by atoms with Crippen LogP contribution < -0.4 is 4.74 Å². The van der Waals surface area contributed by atoms with Crippen LogP contribution in [0.15, 0.2) is 97.2 Å². The van der Waals surface area contributed by atoms with E-state index in [-0.39, 0.29) is 24.5 Å². The Kier molecular flexibility index (Phi) is 9.09. The molecule has 2 fully saturated rings. The highest BCUT2D eigenvalue weighted by Gasteiger charge is 2.33. The third-order valence-corrected chi connectivity index (χ3v) is 8.58. The molecule has 1 unspecified atom stereocenters. The summed E-state index contributed by atoms with van der Waals surface area (Å²) >= 11 is 0. The van der Waals surface area contributed by atoms with Crippen molar-refractivity contribution in [3.8, 4) is 5.75 Å². The van der Waals surface area contributed by atoms with Gasteiger partial charge in [0.25, 0.3) is 0 Å². The number of carbonyl (C=O) groups excluding carboxylic acids is 1. The number of rotatable bonds is 9. The molecule has 6 rings (SSSR count). The van der Waals surface area contributed by atoms with E-state index in [4.69, 9.17) is 4.74 Å². The zero-order chi connectivity index (χ0) is 28.7. The molecule has 7 nitrogen and oxygen atoms in total. The average molecular weight is 565 g/mol. The molecule has 3 heterocycles. The summed E-state index contributed by atoms with van der Waals surface area (Å²) in [6, 6.07) is 31.2. The van der Waals surface area contributed by atoms with Crippen LogP contribution in [0.25, 0.3) is 10.9 Å². The largest absolute Gasteiger partial charge is 0.490 e. The van der Waals surface area contributed by atoms with E-state index in [9.17, 15) is 9.90 Å². The monoisotopic (exact) mass is 564 g/mol. The number of aromatic nitrogens is 1. The number of benzene rings is 3. The second-order valence-electron chi connectivity index (χ2n) is 11.5. The quantitative estimate of drug-likeness (QED) is 0.320. The van der Waals surface area contributed by atoms with Gasteiger partial charge in [0.2, 0.25) is 5.91 Å². The number of likely N-dealkylation sites (tertiary alicyclic amines) is 1. The van der Waals surface area contributed by atoms with Crippen LogP contribution in [0.4, 0.5) is 0 Å². The second kappa shape index (κ2) is 13.5. The van der Waals surface area contributed by atoms with Crippen LogP contribution in [0.3, 0.4) is 0 Å². The zero-order valence-corrected chi connectivity index (χ0v) is 24.1. The van der Waals surface area contributed by atoms with Gasteiger partial charge in [0.05, 0.1) is 17.5 Å². The molecule has 2 aliphatic rings. The molecular formula is C35H40N4O3. The van der Waals surface area contributed by atoms with Gasteiger partial charge in [-0.25, -0.2) is 0 Å². The lowest BCUT2D eigenvalue weighted by atomic mass is 9.94. The molecule has 7 heteroatoms. The highest BCUT2D eigenvalue weighted by atomic mass is 16.5. The summed E-state index contributed by atoms with van der Waals surface area (Å²) in [6.07, 6.45) is 2.99. The third kappa shape index (κ3) is 6.65. The predicted molar refractivity (Wildman–Crippen MR) is 165 cm³/mol. The number of β-amino-alcohol motifs (C(OH)–C–C–N with tert-alkyl or cyclic N) is 1. The summed E-state index contributed by atoms with van der Waals surface area (Å²) in [7, 11) is 0. The number of piperidine rings is 1. The maximum atomic E-state index is 13.6. The van der Waals surface area contributed by atoms with Crippen molar-refractivity contribution in [2.45, 2.75) is 25.0 Å². The highest BCUT2D eigenvalue weighted by Crippen LogP contribution is 2.30. The van der Waals surface area contributed by atoms with Crippen molar-refractivity contribution >= 4 is 16.8 Å². The molecule has 2 atom stereocenters. The number of piperazine rings is 1. The molecule has 1 aromatic heterocycles. The number of aliphatic hydroxyl groups is 1. The Balaban J connectivity index is 1.01. The Morgan fingerprint density at radius 1 is 0.857 bits per heavy atom. The SMILES string of the molecule is O=C(C1CCCN(C[C@@H](O)COc2cccc3ncccc23)C1)N1CCN(C(c2ccccc2)c2ccccc2)CC1. The van der Waals surface area contributed by atoms with Gasteiger partial charge in [-0.1, -0.05) is 66.7 Å². The van der Waals surface area contributed by atoms with Crippen LogP contribution in [0.5, 0.6) is 5.75 Å². The van der Waals surface area contributed by atoms with Crippen LogP contribution in [-0.4, -0.2) is 89.2 Å². The van der Waals surface area contributed by atoms with Gasteiger partial charge in [0, 0.05) is 50.9 Å². The average Bonchev–Trinajstić information content (AvgIpc) is 3.05. The molecule has 42 heavy (non-hydrogen) atoms. The third-order valence-electron chi connectivity index (χ3n) is 8.58. The van der Waals surface area contributed by atoms with Crippen LogP contribution >= 0.6 is 0 Å². The number of fused-ring (bicyclic) bond motifs is 1. The first-order valence-electron chi connectivity index (χ1n) is 15.2. The van der Waals surface area contributed by atoms with E-state index in [1.807, 2.05) is 30.3 Å². The second-order valence-corrected chi connectivity index (χ2v) is 11.5. The van der Waals surface area contributed by atoms with E-state index in [2.05, 4.69) is 80.3 Å².